The van der Waals surface area contributed by atoms with E-state index < -0.39 is 0 Å². The molecular formula is C24H16N4. The van der Waals surface area contributed by atoms with Crippen LogP contribution < -0.4 is 0 Å². The molecule has 0 spiro atoms. The molecule has 0 aliphatic heterocycles. The molecule has 0 fully saturated rings. The van der Waals surface area contributed by atoms with Crippen molar-refractivity contribution in [1.82, 2.24) is 19.9 Å². The molecule has 0 amide bonds. The van der Waals surface area contributed by atoms with Crippen LogP contribution in [0.5, 0.6) is 0 Å². The number of rotatable bonds is 3. The third kappa shape index (κ3) is 3.01. The summed E-state index contributed by atoms with van der Waals surface area (Å²) in [6.07, 6.45) is 7.36. The van der Waals surface area contributed by atoms with Gasteiger partial charge in [-0.2, -0.15) is 0 Å². The van der Waals surface area contributed by atoms with E-state index in [-0.39, 0.29) is 0 Å². The largest absolute Gasteiger partial charge is 0.263 e. The fourth-order valence-electron chi connectivity index (χ4n) is 3.32. The average molecular weight is 360 g/mol. The van der Waals surface area contributed by atoms with Gasteiger partial charge < -0.3 is 0 Å². The van der Waals surface area contributed by atoms with Gasteiger partial charge in [-0.05, 0) is 47.3 Å². The molecule has 0 aliphatic rings. The van der Waals surface area contributed by atoms with E-state index in [0.29, 0.717) is 0 Å². The Bertz CT molecular complexity index is 1190. The van der Waals surface area contributed by atoms with Crippen LogP contribution in [0.1, 0.15) is 0 Å². The van der Waals surface area contributed by atoms with Gasteiger partial charge >= 0.3 is 0 Å². The molecule has 0 aliphatic carbocycles. The summed E-state index contributed by atoms with van der Waals surface area (Å²) < 4.78 is 0. The Morgan fingerprint density at radius 3 is 1.86 bits per heavy atom. The molecule has 132 valence electrons. The second kappa shape index (κ2) is 7.00. The Labute approximate surface area is 162 Å². The SMILES string of the molecule is c1ccc(-c2cc(-c3cncc4ccccc34)cc(-c3ccccn3)n2)nc1. The maximum absolute atomic E-state index is 4.83. The number of fused-ring (bicyclic) bond motifs is 1. The van der Waals surface area contributed by atoms with Crippen LogP contribution in [0, 0.1) is 0 Å². The first-order chi connectivity index (χ1) is 13.9. The van der Waals surface area contributed by atoms with Gasteiger partial charge in [0.1, 0.15) is 0 Å². The van der Waals surface area contributed by atoms with Crippen molar-refractivity contribution in [3.8, 4) is 33.9 Å². The Hall–Kier alpha value is -3.92. The van der Waals surface area contributed by atoms with Gasteiger partial charge in [-0.3, -0.25) is 15.0 Å². The number of hydrogen-bond donors (Lipinski definition) is 0. The number of benzene rings is 1. The normalized spacial score (nSPS) is 10.9. The first kappa shape index (κ1) is 16.3. The summed E-state index contributed by atoms with van der Waals surface area (Å²) >= 11 is 0. The predicted octanol–water partition coefficient (Wildman–Crippen LogP) is 5.42. The lowest BCUT2D eigenvalue weighted by atomic mass is 9.99. The average Bonchev–Trinajstić information content (AvgIpc) is 2.79. The molecular weight excluding hydrogens is 344 g/mol. The molecule has 1 aromatic carbocycles. The third-order valence-corrected chi connectivity index (χ3v) is 4.66. The molecule has 28 heavy (non-hydrogen) atoms. The molecule has 5 aromatic rings. The summed E-state index contributed by atoms with van der Waals surface area (Å²) in [6.45, 7) is 0. The fraction of sp³-hybridized carbons (Fsp3) is 0. The minimum atomic E-state index is 0.812. The van der Waals surface area contributed by atoms with Crippen molar-refractivity contribution in [2.24, 2.45) is 0 Å². The van der Waals surface area contributed by atoms with Crippen molar-refractivity contribution >= 4 is 10.8 Å². The van der Waals surface area contributed by atoms with Gasteiger partial charge in [-0.25, -0.2) is 4.98 Å². The minimum Gasteiger partial charge on any atom is -0.263 e. The van der Waals surface area contributed by atoms with E-state index >= 15 is 0 Å². The molecule has 0 saturated heterocycles. The zero-order valence-electron chi connectivity index (χ0n) is 15.0. The van der Waals surface area contributed by atoms with E-state index in [0.717, 1.165) is 44.7 Å². The molecule has 4 aromatic heterocycles. The lowest BCUT2D eigenvalue weighted by Crippen LogP contribution is -1.94. The molecule has 0 unspecified atom stereocenters. The number of aromatic nitrogens is 4. The van der Waals surface area contributed by atoms with Crippen molar-refractivity contribution in [3.05, 3.63) is 97.6 Å². The lowest BCUT2D eigenvalue weighted by molar-refractivity contribution is 1.22. The van der Waals surface area contributed by atoms with E-state index in [1.807, 2.05) is 60.9 Å². The highest BCUT2D eigenvalue weighted by atomic mass is 14.8. The third-order valence-electron chi connectivity index (χ3n) is 4.66. The Morgan fingerprint density at radius 1 is 0.571 bits per heavy atom. The molecule has 4 heteroatoms. The van der Waals surface area contributed by atoms with E-state index in [1.165, 1.54) is 0 Å². The van der Waals surface area contributed by atoms with Crippen LogP contribution in [-0.4, -0.2) is 19.9 Å². The van der Waals surface area contributed by atoms with E-state index in [1.54, 1.807) is 12.4 Å². The van der Waals surface area contributed by atoms with Crippen LogP contribution in [0.3, 0.4) is 0 Å². The highest BCUT2D eigenvalue weighted by Crippen LogP contribution is 2.32. The monoisotopic (exact) mass is 360 g/mol. The van der Waals surface area contributed by atoms with Crippen molar-refractivity contribution in [2.45, 2.75) is 0 Å². The maximum atomic E-state index is 4.83. The molecule has 0 radical (unpaired) electrons. The van der Waals surface area contributed by atoms with E-state index in [2.05, 4.69) is 39.2 Å². The minimum absolute atomic E-state index is 0.812. The first-order valence-electron chi connectivity index (χ1n) is 9.06. The second-order valence-electron chi connectivity index (χ2n) is 6.46. The smallest absolute Gasteiger partial charge is 0.0900 e. The summed E-state index contributed by atoms with van der Waals surface area (Å²) in [5.74, 6) is 0. The molecule has 0 bridgehead atoms. The van der Waals surface area contributed by atoms with Crippen molar-refractivity contribution < 1.29 is 0 Å². The highest BCUT2D eigenvalue weighted by Gasteiger charge is 2.12. The maximum Gasteiger partial charge on any atom is 0.0900 e. The van der Waals surface area contributed by atoms with Gasteiger partial charge in [0, 0.05) is 35.7 Å². The highest BCUT2D eigenvalue weighted by molar-refractivity contribution is 5.96. The predicted molar refractivity (Wildman–Crippen MR) is 111 cm³/mol. The van der Waals surface area contributed by atoms with E-state index in [9.17, 15) is 0 Å². The van der Waals surface area contributed by atoms with Crippen LogP contribution in [0.15, 0.2) is 97.6 Å². The lowest BCUT2D eigenvalue weighted by Gasteiger charge is -2.11. The summed E-state index contributed by atoms with van der Waals surface area (Å²) in [7, 11) is 0. The van der Waals surface area contributed by atoms with Gasteiger partial charge in [0.25, 0.3) is 0 Å². The summed E-state index contributed by atoms with van der Waals surface area (Å²) in [4.78, 5) is 18.2. The number of pyridine rings is 4. The summed E-state index contributed by atoms with van der Waals surface area (Å²) in [5, 5.41) is 2.26. The van der Waals surface area contributed by atoms with Crippen LogP contribution in [0.4, 0.5) is 0 Å². The molecule has 4 nitrogen and oxygen atoms in total. The van der Waals surface area contributed by atoms with Crippen LogP contribution in [0.2, 0.25) is 0 Å². The topological polar surface area (TPSA) is 51.6 Å². The van der Waals surface area contributed by atoms with E-state index in [4.69, 9.17) is 4.98 Å². The quantitative estimate of drug-likeness (QED) is 0.431. The van der Waals surface area contributed by atoms with Gasteiger partial charge in [0.2, 0.25) is 0 Å². The Balaban J connectivity index is 1.78. The van der Waals surface area contributed by atoms with Crippen LogP contribution in [-0.2, 0) is 0 Å². The van der Waals surface area contributed by atoms with Crippen molar-refractivity contribution in [2.75, 3.05) is 0 Å². The molecule has 4 heterocycles. The van der Waals surface area contributed by atoms with Gasteiger partial charge in [0.15, 0.2) is 0 Å². The molecule has 0 N–H and O–H groups in total. The molecule has 5 rings (SSSR count). The Kier molecular flexibility index (Phi) is 4.07. The zero-order chi connectivity index (χ0) is 18.8. The molecule has 0 atom stereocenters. The summed E-state index contributed by atoms with van der Waals surface area (Å²) in [5.41, 5.74) is 5.39. The molecule has 0 saturated carbocycles. The second-order valence-corrected chi connectivity index (χ2v) is 6.46. The van der Waals surface area contributed by atoms with Gasteiger partial charge in [-0.1, -0.05) is 36.4 Å². The summed E-state index contributed by atoms with van der Waals surface area (Å²) in [6, 6.07) is 24.1. The van der Waals surface area contributed by atoms with Crippen LogP contribution >= 0.6 is 0 Å². The first-order valence-corrected chi connectivity index (χ1v) is 9.06. The van der Waals surface area contributed by atoms with Crippen molar-refractivity contribution in [3.63, 3.8) is 0 Å². The zero-order valence-corrected chi connectivity index (χ0v) is 15.0. The van der Waals surface area contributed by atoms with Crippen molar-refractivity contribution in [1.29, 1.82) is 0 Å². The standard InChI is InChI=1S/C24H16N4/c1-2-8-19-17(7-1)15-25-16-20(19)18-13-23(21-9-3-5-11-26-21)28-24(14-18)22-10-4-6-12-27-22/h1-16H. The number of hydrogen-bond acceptors (Lipinski definition) is 4. The Morgan fingerprint density at radius 2 is 1.21 bits per heavy atom. The van der Waals surface area contributed by atoms with Gasteiger partial charge in [0.05, 0.1) is 22.8 Å². The number of nitrogens with zero attached hydrogens (tertiary/aromatic N) is 4. The van der Waals surface area contributed by atoms with Gasteiger partial charge in [-0.15, -0.1) is 0 Å². The fourth-order valence-corrected chi connectivity index (χ4v) is 3.32. The van der Waals surface area contributed by atoms with Crippen LogP contribution in [0.25, 0.3) is 44.7 Å².